The van der Waals surface area contributed by atoms with E-state index in [9.17, 15) is 5.11 Å². The van der Waals surface area contributed by atoms with Gasteiger partial charge in [0.15, 0.2) is 5.82 Å². The number of tetrazole rings is 1. The van der Waals surface area contributed by atoms with Crippen LogP contribution in [0.5, 0.6) is 0 Å². The van der Waals surface area contributed by atoms with Crippen molar-refractivity contribution in [2.45, 2.75) is 82.1 Å². The fourth-order valence-electron chi connectivity index (χ4n) is 7.73. The molecule has 3 aliphatic rings. The summed E-state index contributed by atoms with van der Waals surface area (Å²) in [6.45, 7) is 6.92. The van der Waals surface area contributed by atoms with Crippen molar-refractivity contribution in [2.24, 2.45) is 11.8 Å². The highest BCUT2D eigenvalue weighted by atomic mass is 16.3. The number of benzene rings is 2. The van der Waals surface area contributed by atoms with E-state index in [4.69, 9.17) is 0 Å². The lowest BCUT2D eigenvalue weighted by atomic mass is 9.84. The lowest BCUT2D eigenvalue weighted by Gasteiger charge is -2.40. The van der Waals surface area contributed by atoms with Crippen LogP contribution in [0.4, 0.5) is 0 Å². The first-order valence-corrected chi connectivity index (χ1v) is 16.1. The van der Waals surface area contributed by atoms with Gasteiger partial charge in [-0.05, 0) is 73.5 Å². The van der Waals surface area contributed by atoms with Crippen molar-refractivity contribution >= 4 is 0 Å². The number of piperidine rings is 1. The highest BCUT2D eigenvalue weighted by Crippen LogP contribution is 2.36. The molecule has 1 aromatic heterocycles. The molecule has 41 heavy (non-hydrogen) atoms. The monoisotopic (exact) mass is 556 g/mol. The summed E-state index contributed by atoms with van der Waals surface area (Å²) in [6, 6.07) is 20.0. The van der Waals surface area contributed by atoms with Crippen molar-refractivity contribution in [2.75, 3.05) is 39.3 Å². The lowest BCUT2D eigenvalue weighted by molar-refractivity contribution is -0.0316. The minimum Gasteiger partial charge on any atom is -0.390 e. The molecule has 1 aliphatic carbocycles. The number of nitrogens with zero attached hydrogens (tertiary/aromatic N) is 5. The Morgan fingerprint density at radius 2 is 1.61 bits per heavy atom. The van der Waals surface area contributed by atoms with E-state index in [1.165, 1.54) is 68.4 Å². The number of rotatable bonds is 11. The average molecular weight is 557 g/mol. The van der Waals surface area contributed by atoms with Crippen LogP contribution >= 0.6 is 0 Å². The summed E-state index contributed by atoms with van der Waals surface area (Å²) >= 11 is 0. The summed E-state index contributed by atoms with van der Waals surface area (Å²) < 4.78 is 0. The summed E-state index contributed by atoms with van der Waals surface area (Å²) in [5, 5.41) is 25.6. The molecule has 3 fully saturated rings. The van der Waals surface area contributed by atoms with Gasteiger partial charge in [0.2, 0.25) is 0 Å². The number of aromatic amines is 1. The zero-order valence-corrected chi connectivity index (χ0v) is 24.6. The van der Waals surface area contributed by atoms with Crippen molar-refractivity contribution in [3.8, 4) is 0 Å². The number of likely N-dealkylation sites (tertiary alicyclic amines) is 2. The number of nitrogens with one attached hydrogen (secondary N) is 1. The molecule has 2 atom stereocenters. The lowest BCUT2D eigenvalue weighted by Crippen LogP contribution is -2.46. The molecule has 7 heteroatoms. The molecule has 7 nitrogen and oxygen atoms in total. The standard InChI is InChI=1S/C34H48N6O/c41-34(17-7-10-27-13-15-28(16-14-27)22-33-35-37-38-36-33)18-20-39(21-19-34)24-31-25-40(23-29-8-3-1-4-9-29)26-32(31)30-11-5-2-6-12-30/h2,5-6,11-16,29,31-32,41H,1,3-4,7-10,17-26H2,(H,35,36,37,38)/t31-,32+/m0/s1. The van der Waals surface area contributed by atoms with E-state index in [2.05, 4.69) is 85.0 Å². The largest absolute Gasteiger partial charge is 0.390 e. The minimum atomic E-state index is -0.517. The number of aliphatic hydroxyl groups is 1. The highest BCUT2D eigenvalue weighted by Gasteiger charge is 2.38. The van der Waals surface area contributed by atoms with Crippen LogP contribution in [0, 0.1) is 11.8 Å². The molecule has 0 radical (unpaired) electrons. The van der Waals surface area contributed by atoms with Gasteiger partial charge in [0.05, 0.1) is 5.60 Å². The van der Waals surface area contributed by atoms with Gasteiger partial charge in [-0.2, -0.15) is 5.21 Å². The van der Waals surface area contributed by atoms with Gasteiger partial charge < -0.3 is 14.9 Å². The van der Waals surface area contributed by atoms with E-state index in [1.54, 1.807) is 0 Å². The third-order valence-corrected chi connectivity index (χ3v) is 10.1. The third-order valence-electron chi connectivity index (χ3n) is 10.1. The predicted octanol–water partition coefficient (Wildman–Crippen LogP) is 5.24. The van der Waals surface area contributed by atoms with Gasteiger partial charge in [-0.1, -0.05) is 79.1 Å². The van der Waals surface area contributed by atoms with Crippen LogP contribution in [0.3, 0.4) is 0 Å². The number of aryl methyl sites for hydroxylation is 1. The quantitative estimate of drug-likeness (QED) is 0.336. The average Bonchev–Trinajstić information content (AvgIpc) is 3.66. The first-order chi connectivity index (χ1) is 20.1. The first-order valence-electron chi connectivity index (χ1n) is 16.1. The van der Waals surface area contributed by atoms with Crippen LogP contribution in [-0.4, -0.2) is 80.4 Å². The van der Waals surface area contributed by atoms with Crippen LogP contribution in [-0.2, 0) is 12.8 Å². The van der Waals surface area contributed by atoms with Crippen molar-refractivity contribution in [1.29, 1.82) is 0 Å². The van der Waals surface area contributed by atoms with Crippen LogP contribution in [0.25, 0.3) is 0 Å². The smallest absolute Gasteiger partial charge is 0.178 e. The Morgan fingerprint density at radius 1 is 0.854 bits per heavy atom. The summed E-state index contributed by atoms with van der Waals surface area (Å²) in [7, 11) is 0. The zero-order valence-electron chi connectivity index (χ0n) is 24.6. The second-order valence-electron chi connectivity index (χ2n) is 13.2. The SMILES string of the molecule is OC1(CCCc2ccc(Cc3nn[nH]n3)cc2)CCN(C[C@H]2CN(CC3CCCCC3)C[C@@H]2c2ccccc2)CC1. The molecule has 0 bridgehead atoms. The Bertz CT molecular complexity index is 1170. The molecular weight excluding hydrogens is 508 g/mol. The molecule has 0 unspecified atom stereocenters. The molecule has 220 valence electrons. The van der Waals surface area contributed by atoms with E-state index < -0.39 is 5.60 Å². The van der Waals surface area contributed by atoms with Crippen LogP contribution < -0.4 is 0 Å². The second-order valence-corrected chi connectivity index (χ2v) is 13.2. The van der Waals surface area contributed by atoms with Gasteiger partial charge in [-0.3, -0.25) is 0 Å². The van der Waals surface area contributed by atoms with E-state index in [0.29, 0.717) is 24.1 Å². The molecule has 2 saturated heterocycles. The van der Waals surface area contributed by atoms with Gasteiger partial charge >= 0.3 is 0 Å². The molecule has 6 rings (SSSR count). The maximum absolute atomic E-state index is 11.4. The fourth-order valence-corrected chi connectivity index (χ4v) is 7.73. The van der Waals surface area contributed by atoms with Crippen molar-refractivity contribution in [3.05, 3.63) is 77.1 Å². The molecule has 3 heterocycles. The maximum Gasteiger partial charge on any atom is 0.178 e. The second kappa shape index (κ2) is 13.6. The Labute approximate surface area is 245 Å². The van der Waals surface area contributed by atoms with E-state index in [1.807, 2.05) is 0 Å². The molecule has 2 aromatic carbocycles. The maximum atomic E-state index is 11.4. The zero-order chi connectivity index (χ0) is 27.9. The molecule has 1 saturated carbocycles. The Morgan fingerprint density at radius 3 is 2.34 bits per heavy atom. The number of H-pyrrole nitrogens is 1. The van der Waals surface area contributed by atoms with Crippen molar-refractivity contribution < 1.29 is 5.11 Å². The van der Waals surface area contributed by atoms with Crippen molar-refractivity contribution in [3.63, 3.8) is 0 Å². The molecule has 2 aliphatic heterocycles. The molecular formula is C34H48N6O. The molecule has 2 N–H and O–H groups in total. The number of aromatic nitrogens is 4. The first kappa shape index (κ1) is 28.5. The van der Waals surface area contributed by atoms with Crippen LogP contribution in [0.15, 0.2) is 54.6 Å². The van der Waals surface area contributed by atoms with Gasteiger partial charge in [-0.25, -0.2) is 0 Å². The molecule has 3 aromatic rings. The number of hydrogen-bond acceptors (Lipinski definition) is 6. The summed E-state index contributed by atoms with van der Waals surface area (Å²) in [6.07, 6.45) is 12.5. The van der Waals surface area contributed by atoms with Gasteiger partial charge in [-0.15, -0.1) is 10.2 Å². The summed E-state index contributed by atoms with van der Waals surface area (Å²) in [5.41, 5.74) is 3.51. The Hall–Kier alpha value is -2.61. The highest BCUT2D eigenvalue weighted by molar-refractivity contribution is 5.25. The van der Waals surface area contributed by atoms with E-state index >= 15 is 0 Å². The Kier molecular flexibility index (Phi) is 9.44. The van der Waals surface area contributed by atoms with Gasteiger partial charge in [0, 0.05) is 51.6 Å². The normalized spacial score (nSPS) is 24.1. The Balaban J connectivity index is 0.967. The summed E-state index contributed by atoms with van der Waals surface area (Å²) in [4.78, 5) is 5.44. The topological polar surface area (TPSA) is 81.2 Å². The van der Waals surface area contributed by atoms with Gasteiger partial charge in [0.25, 0.3) is 0 Å². The van der Waals surface area contributed by atoms with E-state index in [-0.39, 0.29) is 0 Å². The van der Waals surface area contributed by atoms with E-state index in [0.717, 1.165) is 57.7 Å². The van der Waals surface area contributed by atoms with Crippen LogP contribution in [0.1, 0.15) is 86.2 Å². The fraction of sp³-hybridized carbons (Fsp3) is 0.618. The molecule has 0 spiro atoms. The predicted molar refractivity (Wildman–Crippen MR) is 163 cm³/mol. The number of hydrogen-bond donors (Lipinski definition) is 2. The van der Waals surface area contributed by atoms with Crippen molar-refractivity contribution in [1.82, 2.24) is 30.4 Å². The minimum absolute atomic E-state index is 0.517. The summed E-state index contributed by atoms with van der Waals surface area (Å²) in [5.74, 6) is 2.92. The van der Waals surface area contributed by atoms with Gasteiger partial charge in [0.1, 0.15) is 0 Å². The third kappa shape index (κ3) is 7.82. The molecule has 0 amide bonds. The van der Waals surface area contributed by atoms with Crippen LogP contribution in [0.2, 0.25) is 0 Å².